The summed E-state index contributed by atoms with van der Waals surface area (Å²) in [5.74, 6) is 0.0498. The average Bonchev–Trinajstić information content (AvgIpc) is 3.20. The van der Waals surface area contributed by atoms with Crippen molar-refractivity contribution in [3.8, 4) is 5.75 Å². The molecule has 7 nitrogen and oxygen atoms in total. The van der Waals surface area contributed by atoms with Gasteiger partial charge in [-0.2, -0.15) is 0 Å². The lowest BCUT2D eigenvalue weighted by molar-refractivity contribution is -0.118. The summed E-state index contributed by atoms with van der Waals surface area (Å²) in [4.78, 5) is 24.3. The summed E-state index contributed by atoms with van der Waals surface area (Å²) in [6, 6.07) is 12.7. The van der Waals surface area contributed by atoms with Crippen molar-refractivity contribution in [3.63, 3.8) is 0 Å². The number of ether oxygens (including phenoxy) is 1. The van der Waals surface area contributed by atoms with Crippen LogP contribution in [-0.2, 0) is 11.3 Å². The number of nitrogens with zero attached hydrogens (tertiary/aromatic N) is 2. The van der Waals surface area contributed by atoms with E-state index in [0.29, 0.717) is 33.9 Å². The maximum Gasteiger partial charge on any atom is 0.257 e. The van der Waals surface area contributed by atoms with E-state index in [1.54, 1.807) is 36.4 Å². The van der Waals surface area contributed by atoms with Crippen LogP contribution in [0.1, 0.15) is 22.8 Å². The quantitative estimate of drug-likeness (QED) is 0.384. The van der Waals surface area contributed by atoms with Gasteiger partial charge in [-0.05, 0) is 48.9 Å². The number of benzene rings is 2. The fourth-order valence-electron chi connectivity index (χ4n) is 2.34. The molecule has 0 saturated heterocycles. The topological polar surface area (TPSA) is 93.2 Å². The molecule has 0 bridgehead atoms. The number of anilines is 1. The standard InChI is InChI=1S/C20H19FN4O3S2/c1-2-28-16-9-5-14(6-10-16)18(27)23-19-24-25-20(30-19)29-12-17(26)22-11-13-3-7-15(21)8-4-13/h3-10H,2,11-12H2,1H3,(H,22,26)(H,23,24,27). The summed E-state index contributed by atoms with van der Waals surface area (Å²) < 4.78 is 18.8. The number of halogens is 1. The Kier molecular flexibility index (Phi) is 7.75. The van der Waals surface area contributed by atoms with Gasteiger partial charge in [0.15, 0.2) is 4.34 Å². The Morgan fingerprint density at radius 2 is 1.83 bits per heavy atom. The maximum atomic E-state index is 12.9. The summed E-state index contributed by atoms with van der Waals surface area (Å²) in [5, 5.41) is 13.7. The molecule has 0 saturated carbocycles. The monoisotopic (exact) mass is 446 g/mol. The van der Waals surface area contributed by atoms with Gasteiger partial charge in [0.2, 0.25) is 11.0 Å². The molecule has 0 aliphatic rings. The predicted octanol–water partition coefficient (Wildman–Crippen LogP) is 3.74. The lowest BCUT2D eigenvalue weighted by atomic mass is 10.2. The molecular weight excluding hydrogens is 427 g/mol. The van der Waals surface area contributed by atoms with Crippen molar-refractivity contribution in [2.75, 3.05) is 17.7 Å². The summed E-state index contributed by atoms with van der Waals surface area (Å²) in [6.07, 6.45) is 0. The normalized spacial score (nSPS) is 10.5. The van der Waals surface area contributed by atoms with Crippen LogP contribution in [0.4, 0.5) is 9.52 Å². The summed E-state index contributed by atoms with van der Waals surface area (Å²) in [5.41, 5.74) is 1.29. The first kappa shape index (κ1) is 21.7. The molecule has 2 amide bonds. The summed E-state index contributed by atoms with van der Waals surface area (Å²) >= 11 is 2.41. The van der Waals surface area contributed by atoms with Crippen molar-refractivity contribution in [1.82, 2.24) is 15.5 Å². The molecule has 3 rings (SSSR count). The van der Waals surface area contributed by atoms with Crippen LogP contribution in [-0.4, -0.2) is 34.4 Å². The zero-order valence-electron chi connectivity index (χ0n) is 16.1. The van der Waals surface area contributed by atoms with Crippen LogP contribution in [0.5, 0.6) is 5.75 Å². The first-order chi connectivity index (χ1) is 14.5. The molecule has 0 fully saturated rings. The highest BCUT2D eigenvalue weighted by Crippen LogP contribution is 2.25. The first-order valence-corrected chi connectivity index (χ1v) is 10.9. The lowest BCUT2D eigenvalue weighted by Gasteiger charge is -2.04. The van der Waals surface area contributed by atoms with E-state index in [4.69, 9.17) is 4.74 Å². The van der Waals surface area contributed by atoms with E-state index in [-0.39, 0.29) is 23.4 Å². The fourth-order valence-corrected chi connectivity index (χ4v) is 3.92. The second-order valence-corrected chi connectivity index (χ2v) is 8.18. The van der Waals surface area contributed by atoms with Crippen molar-refractivity contribution in [2.45, 2.75) is 17.8 Å². The van der Waals surface area contributed by atoms with E-state index in [9.17, 15) is 14.0 Å². The minimum Gasteiger partial charge on any atom is -0.494 e. The minimum atomic E-state index is -0.317. The fraction of sp³-hybridized carbons (Fsp3) is 0.200. The van der Waals surface area contributed by atoms with Gasteiger partial charge < -0.3 is 10.1 Å². The molecule has 2 N–H and O–H groups in total. The Morgan fingerprint density at radius 3 is 2.53 bits per heavy atom. The van der Waals surface area contributed by atoms with E-state index in [1.807, 2.05) is 6.92 Å². The largest absolute Gasteiger partial charge is 0.494 e. The minimum absolute atomic E-state index is 0.155. The highest BCUT2D eigenvalue weighted by Gasteiger charge is 2.12. The smallest absolute Gasteiger partial charge is 0.257 e. The molecule has 0 atom stereocenters. The van der Waals surface area contributed by atoms with Crippen molar-refractivity contribution >= 4 is 40.0 Å². The molecule has 0 unspecified atom stereocenters. The van der Waals surface area contributed by atoms with Gasteiger partial charge in [0.05, 0.1) is 12.4 Å². The highest BCUT2D eigenvalue weighted by atomic mass is 32.2. The molecule has 1 aromatic heterocycles. The van der Waals surface area contributed by atoms with Gasteiger partial charge in [0.1, 0.15) is 11.6 Å². The van der Waals surface area contributed by atoms with E-state index in [2.05, 4.69) is 20.8 Å². The molecule has 0 radical (unpaired) electrons. The molecule has 30 heavy (non-hydrogen) atoms. The third-order valence-electron chi connectivity index (χ3n) is 3.78. The summed E-state index contributed by atoms with van der Waals surface area (Å²) in [7, 11) is 0. The van der Waals surface area contributed by atoms with Crippen LogP contribution in [0, 0.1) is 5.82 Å². The van der Waals surface area contributed by atoms with E-state index < -0.39 is 0 Å². The number of rotatable bonds is 9. The van der Waals surface area contributed by atoms with Crippen LogP contribution in [0.15, 0.2) is 52.9 Å². The molecule has 0 aliphatic heterocycles. The molecule has 10 heteroatoms. The Balaban J connectivity index is 1.44. The summed E-state index contributed by atoms with van der Waals surface area (Å²) in [6.45, 7) is 2.76. The van der Waals surface area contributed by atoms with Crippen LogP contribution in [0.3, 0.4) is 0 Å². The first-order valence-electron chi connectivity index (χ1n) is 9.05. The van der Waals surface area contributed by atoms with Crippen LogP contribution in [0.25, 0.3) is 0 Å². The van der Waals surface area contributed by atoms with Crippen LogP contribution in [0.2, 0.25) is 0 Å². The van der Waals surface area contributed by atoms with E-state index in [1.165, 1.54) is 35.2 Å². The van der Waals surface area contributed by atoms with Crippen LogP contribution >= 0.6 is 23.1 Å². The van der Waals surface area contributed by atoms with Gasteiger partial charge >= 0.3 is 0 Å². The van der Waals surface area contributed by atoms with Gasteiger partial charge in [-0.1, -0.05) is 35.2 Å². The molecule has 1 heterocycles. The SMILES string of the molecule is CCOc1ccc(C(=O)Nc2nnc(SCC(=O)NCc3ccc(F)cc3)s2)cc1. The van der Waals surface area contributed by atoms with Crippen molar-refractivity contribution in [2.24, 2.45) is 0 Å². The van der Waals surface area contributed by atoms with Crippen LogP contribution < -0.4 is 15.4 Å². The zero-order valence-corrected chi connectivity index (χ0v) is 17.7. The number of aromatic nitrogens is 2. The number of carbonyl (C=O) groups excluding carboxylic acids is 2. The number of nitrogens with one attached hydrogen (secondary N) is 2. The van der Waals surface area contributed by atoms with Gasteiger partial charge in [0.25, 0.3) is 5.91 Å². The van der Waals surface area contributed by atoms with Crippen molar-refractivity contribution in [1.29, 1.82) is 0 Å². The molecular formula is C20H19FN4O3S2. The number of amides is 2. The third-order valence-corrected chi connectivity index (χ3v) is 5.76. The second-order valence-electron chi connectivity index (χ2n) is 5.98. The van der Waals surface area contributed by atoms with Crippen molar-refractivity contribution < 1.29 is 18.7 Å². The molecule has 0 aliphatic carbocycles. The average molecular weight is 447 g/mol. The Hall–Kier alpha value is -2.98. The van der Waals surface area contributed by atoms with Gasteiger partial charge in [-0.3, -0.25) is 14.9 Å². The van der Waals surface area contributed by atoms with Gasteiger partial charge in [0, 0.05) is 12.1 Å². The third kappa shape index (κ3) is 6.53. The molecule has 2 aromatic carbocycles. The Bertz CT molecular complexity index is 994. The molecule has 0 spiro atoms. The van der Waals surface area contributed by atoms with E-state index in [0.717, 1.165) is 5.56 Å². The molecule has 156 valence electrons. The van der Waals surface area contributed by atoms with Gasteiger partial charge in [-0.25, -0.2) is 4.39 Å². The highest BCUT2D eigenvalue weighted by molar-refractivity contribution is 8.01. The predicted molar refractivity (Wildman–Crippen MR) is 114 cm³/mol. The number of hydrogen-bond acceptors (Lipinski definition) is 7. The Morgan fingerprint density at radius 1 is 1.10 bits per heavy atom. The number of hydrogen-bond donors (Lipinski definition) is 2. The maximum absolute atomic E-state index is 12.9. The molecule has 3 aromatic rings. The number of carbonyl (C=O) groups is 2. The lowest BCUT2D eigenvalue weighted by Crippen LogP contribution is -2.24. The van der Waals surface area contributed by atoms with Crippen molar-refractivity contribution in [3.05, 3.63) is 65.5 Å². The van der Waals surface area contributed by atoms with Gasteiger partial charge in [-0.15, -0.1) is 10.2 Å². The zero-order chi connectivity index (χ0) is 21.3. The van der Waals surface area contributed by atoms with E-state index >= 15 is 0 Å². The Labute approximate surface area is 181 Å². The second kappa shape index (κ2) is 10.7. The number of thioether (sulfide) groups is 1.